The number of hydrogen-bond donors (Lipinski definition) is 3. The quantitative estimate of drug-likeness (QED) is 0.790. The van der Waals surface area contributed by atoms with Gasteiger partial charge in [-0.2, -0.15) is 0 Å². The topological polar surface area (TPSA) is 81.7 Å². The van der Waals surface area contributed by atoms with Crippen molar-refractivity contribution in [2.75, 3.05) is 32.0 Å². The van der Waals surface area contributed by atoms with Crippen LogP contribution in [0.25, 0.3) is 0 Å². The monoisotopic (exact) mass is 291 g/mol. The summed E-state index contributed by atoms with van der Waals surface area (Å²) in [6.45, 7) is 2.37. The molecule has 1 aliphatic heterocycles. The zero-order valence-electron chi connectivity index (χ0n) is 12.1. The van der Waals surface area contributed by atoms with Crippen molar-refractivity contribution in [1.29, 1.82) is 0 Å². The van der Waals surface area contributed by atoms with Gasteiger partial charge in [-0.25, -0.2) is 9.59 Å². The van der Waals surface area contributed by atoms with Crippen molar-refractivity contribution in [2.24, 2.45) is 5.92 Å². The second kappa shape index (κ2) is 7.08. The highest BCUT2D eigenvalue weighted by Gasteiger charge is 2.23. The first kappa shape index (κ1) is 15.3. The fourth-order valence-corrected chi connectivity index (χ4v) is 2.64. The van der Waals surface area contributed by atoms with Gasteiger partial charge in [0.25, 0.3) is 0 Å². The molecule has 0 bridgehead atoms. The molecule has 1 unspecified atom stereocenters. The summed E-state index contributed by atoms with van der Waals surface area (Å²) in [5, 5.41) is 14.9. The van der Waals surface area contributed by atoms with Crippen LogP contribution in [0.2, 0.25) is 0 Å². The number of aromatic carboxylic acids is 1. The van der Waals surface area contributed by atoms with Gasteiger partial charge in [0, 0.05) is 18.8 Å². The molecule has 1 saturated heterocycles. The van der Waals surface area contributed by atoms with Crippen LogP contribution in [-0.4, -0.2) is 48.7 Å². The van der Waals surface area contributed by atoms with E-state index in [4.69, 9.17) is 5.11 Å². The Morgan fingerprint density at radius 3 is 2.95 bits per heavy atom. The van der Waals surface area contributed by atoms with E-state index in [9.17, 15) is 9.59 Å². The van der Waals surface area contributed by atoms with Gasteiger partial charge in [-0.3, -0.25) is 0 Å². The molecule has 0 aromatic heterocycles. The first-order chi connectivity index (χ1) is 10.1. The highest BCUT2D eigenvalue weighted by atomic mass is 16.4. The number of nitrogens with zero attached hydrogens (tertiary/aromatic N) is 1. The number of urea groups is 1. The maximum Gasteiger partial charge on any atom is 0.335 e. The molecule has 6 nitrogen and oxygen atoms in total. The minimum absolute atomic E-state index is 0.166. The van der Waals surface area contributed by atoms with Crippen molar-refractivity contribution in [3.63, 3.8) is 0 Å². The van der Waals surface area contributed by atoms with Crippen LogP contribution in [0.5, 0.6) is 0 Å². The number of rotatable bonds is 4. The molecule has 0 spiro atoms. The van der Waals surface area contributed by atoms with E-state index in [1.54, 1.807) is 17.0 Å². The second-order valence-corrected chi connectivity index (χ2v) is 5.33. The number of likely N-dealkylation sites (tertiary alicyclic amines) is 1. The van der Waals surface area contributed by atoms with E-state index < -0.39 is 5.97 Å². The Morgan fingerprint density at radius 2 is 2.24 bits per heavy atom. The third-order valence-electron chi connectivity index (χ3n) is 3.66. The molecule has 1 aromatic carbocycles. The summed E-state index contributed by atoms with van der Waals surface area (Å²) in [6.07, 6.45) is 2.12. The number of nitrogens with one attached hydrogen (secondary N) is 2. The summed E-state index contributed by atoms with van der Waals surface area (Å²) < 4.78 is 0. The van der Waals surface area contributed by atoms with Crippen molar-refractivity contribution in [1.82, 2.24) is 10.2 Å². The van der Waals surface area contributed by atoms with Crippen molar-refractivity contribution < 1.29 is 14.7 Å². The van der Waals surface area contributed by atoms with Crippen LogP contribution in [0.1, 0.15) is 23.2 Å². The molecule has 114 valence electrons. The van der Waals surface area contributed by atoms with Crippen LogP contribution in [0.3, 0.4) is 0 Å². The molecule has 2 amide bonds. The van der Waals surface area contributed by atoms with E-state index >= 15 is 0 Å². The summed E-state index contributed by atoms with van der Waals surface area (Å²) in [5.41, 5.74) is 0.676. The van der Waals surface area contributed by atoms with Gasteiger partial charge in [0.05, 0.1) is 5.56 Å². The summed E-state index contributed by atoms with van der Waals surface area (Å²) in [6, 6.07) is 6.12. The Kier molecular flexibility index (Phi) is 5.16. The molecule has 1 heterocycles. The van der Waals surface area contributed by atoms with E-state index in [-0.39, 0.29) is 11.6 Å². The average Bonchev–Trinajstić information content (AvgIpc) is 2.48. The maximum absolute atomic E-state index is 12.2. The first-order valence-corrected chi connectivity index (χ1v) is 7.14. The highest BCUT2D eigenvalue weighted by Crippen LogP contribution is 2.17. The van der Waals surface area contributed by atoms with E-state index in [2.05, 4.69) is 10.6 Å². The second-order valence-electron chi connectivity index (χ2n) is 5.33. The zero-order chi connectivity index (χ0) is 15.2. The molecule has 2 rings (SSSR count). The molecule has 3 N–H and O–H groups in total. The van der Waals surface area contributed by atoms with Crippen LogP contribution in [0, 0.1) is 5.92 Å². The van der Waals surface area contributed by atoms with Gasteiger partial charge in [-0.1, -0.05) is 6.07 Å². The number of carbonyl (C=O) groups excluding carboxylic acids is 1. The van der Waals surface area contributed by atoms with Crippen LogP contribution in [0.15, 0.2) is 24.3 Å². The molecular weight excluding hydrogens is 270 g/mol. The van der Waals surface area contributed by atoms with Crippen LogP contribution in [0.4, 0.5) is 10.5 Å². The zero-order valence-corrected chi connectivity index (χ0v) is 12.1. The number of carboxylic acid groups (broad SMARTS) is 1. The number of carboxylic acids is 1. The lowest BCUT2D eigenvalue weighted by Crippen LogP contribution is -2.44. The third kappa shape index (κ3) is 4.19. The fraction of sp³-hybridized carbons (Fsp3) is 0.467. The van der Waals surface area contributed by atoms with Crippen molar-refractivity contribution in [3.05, 3.63) is 29.8 Å². The largest absolute Gasteiger partial charge is 0.478 e. The number of hydrogen-bond acceptors (Lipinski definition) is 3. The van der Waals surface area contributed by atoms with Crippen molar-refractivity contribution >= 4 is 17.7 Å². The molecule has 0 saturated carbocycles. The molecule has 1 aliphatic rings. The van der Waals surface area contributed by atoms with Gasteiger partial charge in [0.15, 0.2) is 0 Å². The molecule has 6 heteroatoms. The molecule has 1 fully saturated rings. The maximum atomic E-state index is 12.2. The van der Waals surface area contributed by atoms with Gasteiger partial charge in [-0.15, -0.1) is 0 Å². The molecular formula is C15H21N3O3. The molecule has 1 aromatic rings. The lowest BCUT2D eigenvalue weighted by Gasteiger charge is -2.32. The third-order valence-corrected chi connectivity index (χ3v) is 3.66. The Bertz CT molecular complexity index is 517. The van der Waals surface area contributed by atoms with Crippen LogP contribution in [-0.2, 0) is 0 Å². The average molecular weight is 291 g/mol. The Hall–Kier alpha value is -2.08. The summed E-state index contributed by atoms with van der Waals surface area (Å²) in [5.74, 6) is -0.530. The smallest absolute Gasteiger partial charge is 0.335 e. The van der Waals surface area contributed by atoms with Gasteiger partial charge < -0.3 is 20.6 Å². The molecule has 0 radical (unpaired) electrons. The molecule has 0 aliphatic carbocycles. The van der Waals surface area contributed by atoms with Crippen LogP contribution >= 0.6 is 0 Å². The molecule has 21 heavy (non-hydrogen) atoms. The lowest BCUT2D eigenvalue weighted by atomic mass is 9.98. The standard InChI is InChI=1S/C15H21N3O3/c1-16-9-11-4-3-7-18(10-11)15(21)17-13-6-2-5-12(8-13)14(19)20/h2,5-6,8,11,16H,3-4,7,9-10H2,1H3,(H,17,21)(H,19,20). The number of anilines is 1. The summed E-state index contributed by atoms with van der Waals surface area (Å²) in [7, 11) is 1.91. The van der Waals surface area contributed by atoms with Gasteiger partial charge >= 0.3 is 12.0 Å². The SMILES string of the molecule is CNCC1CCCN(C(=O)Nc2cccc(C(=O)O)c2)C1. The number of carbonyl (C=O) groups is 2. The van der Waals surface area contributed by atoms with E-state index in [0.717, 1.165) is 32.5 Å². The van der Waals surface area contributed by atoms with E-state index in [1.165, 1.54) is 12.1 Å². The first-order valence-electron chi connectivity index (χ1n) is 7.14. The fourth-order valence-electron chi connectivity index (χ4n) is 2.64. The van der Waals surface area contributed by atoms with E-state index in [0.29, 0.717) is 11.6 Å². The lowest BCUT2D eigenvalue weighted by molar-refractivity contribution is 0.0697. The number of amides is 2. The Balaban J connectivity index is 1.97. The Labute approximate surface area is 124 Å². The van der Waals surface area contributed by atoms with Crippen molar-refractivity contribution in [2.45, 2.75) is 12.8 Å². The minimum atomic E-state index is -1.00. The summed E-state index contributed by atoms with van der Waals surface area (Å²) in [4.78, 5) is 25.0. The summed E-state index contributed by atoms with van der Waals surface area (Å²) >= 11 is 0. The normalized spacial score (nSPS) is 18.3. The van der Waals surface area contributed by atoms with E-state index in [1.807, 2.05) is 7.05 Å². The predicted molar refractivity (Wildman–Crippen MR) is 80.6 cm³/mol. The van der Waals surface area contributed by atoms with Gasteiger partial charge in [0.1, 0.15) is 0 Å². The molecule has 1 atom stereocenters. The van der Waals surface area contributed by atoms with Gasteiger partial charge in [0.2, 0.25) is 0 Å². The Morgan fingerprint density at radius 1 is 1.43 bits per heavy atom. The highest BCUT2D eigenvalue weighted by molar-refractivity contribution is 5.93. The van der Waals surface area contributed by atoms with Crippen LogP contribution < -0.4 is 10.6 Å². The van der Waals surface area contributed by atoms with Gasteiger partial charge in [-0.05, 0) is 50.6 Å². The van der Waals surface area contributed by atoms with Crippen molar-refractivity contribution in [3.8, 4) is 0 Å². The number of benzene rings is 1. The minimum Gasteiger partial charge on any atom is -0.478 e. The number of piperidine rings is 1. The predicted octanol–water partition coefficient (Wildman–Crippen LogP) is 1.85.